The number of hydrogen-bond donors (Lipinski definition) is 1. The fraction of sp³-hybridized carbons (Fsp3) is 0. The minimum absolute atomic E-state index is 0. The Balaban J connectivity index is 0.00000121. The van der Waals surface area contributed by atoms with E-state index in [1.54, 1.807) is 6.19 Å². The average molecular weight is 214 g/mol. The van der Waals surface area contributed by atoms with Crippen LogP contribution in [0.25, 0.3) is 0 Å². The number of aromatic nitrogens is 3. The third-order valence-electron chi connectivity index (χ3n) is 0.749. The molecule has 0 aromatic carbocycles. The first kappa shape index (κ1) is 11.9. The molecule has 58 valence electrons. The second kappa shape index (κ2) is 5.51. The van der Waals surface area contributed by atoms with Crippen LogP contribution in [0.1, 0.15) is 0 Å². The molecular formula is C4H2Cl2N5Na. The molecule has 1 aromatic heterocycles. The number of halogens is 2. The van der Waals surface area contributed by atoms with Gasteiger partial charge >= 0.3 is 29.6 Å². The van der Waals surface area contributed by atoms with E-state index in [1.165, 1.54) is 0 Å². The molecule has 12 heavy (non-hydrogen) atoms. The van der Waals surface area contributed by atoms with Crippen molar-refractivity contribution >= 4 is 58.7 Å². The van der Waals surface area contributed by atoms with Crippen molar-refractivity contribution in [1.82, 2.24) is 15.0 Å². The van der Waals surface area contributed by atoms with Crippen molar-refractivity contribution in [1.29, 1.82) is 5.26 Å². The minimum atomic E-state index is -0.0530. The Morgan fingerprint density at radius 2 is 1.67 bits per heavy atom. The van der Waals surface area contributed by atoms with Crippen molar-refractivity contribution in [3.63, 3.8) is 0 Å². The van der Waals surface area contributed by atoms with Gasteiger partial charge in [-0.1, -0.05) is 0 Å². The van der Waals surface area contributed by atoms with Crippen molar-refractivity contribution in [3.8, 4) is 6.19 Å². The van der Waals surface area contributed by atoms with E-state index in [0.717, 1.165) is 0 Å². The van der Waals surface area contributed by atoms with Gasteiger partial charge in [0.2, 0.25) is 16.5 Å². The van der Waals surface area contributed by atoms with Crippen LogP contribution in [0, 0.1) is 11.5 Å². The van der Waals surface area contributed by atoms with Crippen LogP contribution in [0.2, 0.25) is 10.6 Å². The van der Waals surface area contributed by atoms with Crippen LogP contribution in [-0.2, 0) is 0 Å². The molecular weight excluding hydrogens is 212 g/mol. The van der Waals surface area contributed by atoms with E-state index < -0.39 is 0 Å². The van der Waals surface area contributed by atoms with Gasteiger partial charge in [-0.3, -0.25) is 5.32 Å². The number of nitrogens with zero attached hydrogens (tertiary/aromatic N) is 4. The van der Waals surface area contributed by atoms with Crippen molar-refractivity contribution in [2.45, 2.75) is 0 Å². The van der Waals surface area contributed by atoms with Gasteiger partial charge in [0.05, 0.1) is 0 Å². The molecule has 0 spiro atoms. The molecule has 0 saturated heterocycles. The number of rotatable bonds is 1. The summed E-state index contributed by atoms with van der Waals surface area (Å²) in [5.41, 5.74) is 0. The summed E-state index contributed by atoms with van der Waals surface area (Å²) < 4.78 is 0. The van der Waals surface area contributed by atoms with Crippen molar-refractivity contribution in [2.75, 3.05) is 5.32 Å². The van der Waals surface area contributed by atoms with Gasteiger partial charge in [0.1, 0.15) is 0 Å². The SMILES string of the molecule is N#CNc1nc(Cl)nc(Cl)n1.[NaH]. The van der Waals surface area contributed by atoms with E-state index in [4.69, 9.17) is 28.5 Å². The van der Waals surface area contributed by atoms with Crippen LogP contribution in [-0.4, -0.2) is 44.5 Å². The van der Waals surface area contributed by atoms with Crippen LogP contribution in [0.15, 0.2) is 0 Å². The van der Waals surface area contributed by atoms with Crippen molar-refractivity contribution in [2.24, 2.45) is 0 Å². The zero-order valence-corrected chi connectivity index (χ0v) is 6.56. The van der Waals surface area contributed by atoms with E-state index in [-0.39, 0.29) is 46.1 Å². The van der Waals surface area contributed by atoms with Gasteiger partial charge in [0.25, 0.3) is 0 Å². The van der Waals surface area contributed by atoms with E-state index in [9.17, 15) is 0 Å². The molecule has 5 nitrogen and oxygen atoms in total. The summed E-state index contributed by atoms with van der Waals surface area (Å²) in [7, 11) is 0. The topological polar surface area (TPSA) is 74.5 Å². The quantitative estimate of drug-likeness (QED) is 0.416. The predicted octanol–water partition coefficient (Wildman–Crippen LogP) is 0.423. The number of nitriles is 1. The van der Waals surface area contributed by atoms with Gasteiger partial charge in [-0.05, 0) is 23.2 Å². The monoisotopic (exact) mass is 213 g/mol. The second-order valence-electron chi connectivity index (χ2n) is 1.43. The normalized spacial score (nSPS) is 8.08. The first-order valence-corrected chi connectivity index (χ1v) is 3.20. The van der Waals surface area contributed by atoms with Crippen LogP contribution in [0.5, 0.6) is 0 Å². The van der Waals surface area contributed by atoms with Crippen LogP contribution >= 0.6 is 23.2 Å². The predicted molar refractivity (Wildman–Crippen MR) is 46.2 cm³/mol. The van der Waals surface area contributed by atoms with Crippen molar-refractivity contribution < 1.29 is 0 Å². The molecule has 0 aliphatic rings. The first-order valence-electron chi connectivity index (χ1n) is 2.44. The molecule has 0 aliphatic carbocycles. The molecule has 0 atom stereocenters. The molecule has 8 heteroatoms. The number of anilines is 1. The molecule has 0 bridgehead atoms. The summed E-state index contributed by atoms with van der Waals surface area (Å²) in [6.45, 7) is 0. The summed E-state index contributed by atoms with van der Waals surface area (Å²) in [4.78, 5) is 10.6. The summed E-state index contributed by atoms with van der Waals surface area (Å²) in [6.07, 6.45) is 1.62. The third kappa shape index (κ3) is 3.52. The average Bonchev–Trinajstić information content (AvgIpc) is 1.85. The van der Waals surface area contributed by atoms with E-state index in [2.05, 4.69) is 20.3 Å². The molecule has 0 unspecified atom stereocenters. The summed E-state index contributed by atoms with van der Waals surface area (Å²) >= 11 is 10.8. The third-order valence-corrected chi connectivity index (χ3v) is 1.09. The molecule has 0 radical (unpaired) electrons. The molecule has 1 rings (SSSR count). The van der Waals surface area contributed by atoms with Gasteiger partial charge in [0.15, 0.2) is 6.19 Å². The summed E-state index contributed by atoms with van der Waals surface area (Å²) in [5, 5.41) is 10.2. The molecule has 0 fully saturated rings. The molecule has 0 saturated carbocycles. The van der Waals surface area contributed by atoms with Crippen LogP contribution < -0.4 is 5.32 Å². The van der Waals surface area contributed by atoms with Gasteiger partial charge in [0, 0.05) is 0 Å². The Morgan fingerprint density at radius 1 is 1.17 bits per heavy atom. The molecule has 0 amide bonds. The molecule has 1 N–H and O–H groups in total. The maximum absolute atomic E-state index is 8.15. The zero-order valence-electron chi connectivity index (χ0n) is 5.04. The Hall–Kier alpha value is -0.120. The first-order chi connectivity index (χ1) is 5.22. The van der Waals surface area contributed by atoms with Crippen LogP contribution in [0.4, 0.5) is 5.95 Å². The van der Waals surface area contributed by atoms with Gasteiger partial charge in [-0.2, -0.15) is 20.2 Å². The van der Waals surface area contributed by atoms with E-state index in [0.29, 0.717) is 0 Å². The Bertz CT molecular complexity index is 291. The fourth-order valence-corrected chi connectivity index (χ4v) is 0.795. The maximum atomic E-state index is 8.15. The second-order valence-corrected chi connectivity index (χ2v) is 2.11. The summed E-state index contributed by atoms with van der Waals surface area (Å²) in [5.74, 6) is 0.0394. The van der Waals surface area contributed by atoms with E-state index in [1.807, 2.05) is 0 Å². The Kier molecular flexibility index (Phi) is 5.46. The molecule has 1 heterocycles. The number of nitrogens with one attached hydrogen (secondary N) is 1. The fourth-order valence-electron chi connectivity index (χ4n) is 0.432. The summed E-state index contributed by atoms with van der Waals surface area (Å²) in [6, 6.07) is 0. The van der Waals surface area contributed by atoms with E-state index >= 15 is 0 Å². The molecule has 1 aromatic rings. The molecule has 0 aliphatic heterocycles. The zero-order chi connectivity index (χ0) is 8.27. The number of hydrogen-bond acceptors (Lipinski definition) is 5. The van der Waals surface area contributed by atoms with Crippen molar-refractivity contribution in [3.05, 3.63) is 10.6 Å². The standard InChI is InChI=1S/C4HCl2N5.Na.H/c5-2-9-3(6)11-4(10-2)8-1-7;;/h(H,8,9,10,11);;. The van der Waals surface area contributed by atoms with Gasteiger partial charge < -0.3 is 0 Å². The Labute approximate surface area is 100 Å². The van der Waals surface area contributed by atoms with Gasteiger partial charge in [-0.15, -0.1) is 0 Å². The Morgan fingerprint density at radius 3 is 2.08 bits per heavy atom. The van der Waals surface area contributed by atoms with Crippen LogP contribution in [0.3, 0.4) is 0 Å². The van der Waals surface area contributed by atoms with Gasteiger partial charge in [-0.25, -0.2) is 0 Å².